The minimum atomic E-state index is -0.897. The maximum Gasteiger partial charge on any atom is 0.256 e. The molecule has 3 aromatic carbocycles. The van der Waals surface area contributed by atoms with Gasteiger partial charge in [-0.3, -0.25) is 15.0 Å². The lowest BCUT2D eigenvalue weighted by Crippen LogP contribution is -2.50. The van der Waals surface area contributed by atoms with Crippen molar-refractivity contribution in [3.63, 3.8) is 0 Å². The van der Waals surface area contributed by atoms with Crippen molar-refractivity contribution >= 4 is 91.6 Å². The minimum Gasteiger partial charge on any atom is -0.506 e. The first-order valence-corrected chi connectivity index (χ1v) is 12.9. The molecule has 0 heterocycles. The fraction of sp³-hybridized carbons (Fsp3) is 0.130. The highest BCUT2D eigenvalue weighted by molar-refractivity contribution is 14.1. The van der Waals surface area contributed by atoms with Crippen LogP contribution in [0.5, 0.6) is 5.75 Å². The Hall–Kier alpha value is -1.80. The predicted octanol–water partition coefficient (Wildman–Crippen LogP) is 4.91. The van der Waals surface area contributed by atoms with Gasteiger partial charge in [0.2, 0.25) is 5.91 Å². The summed E-state index contributed by atoms with van der Waals surface area (Å²) in [6.07, 6.45) is 0.209. The zero-order valence-corrected chi connectivity index (χ0v) is 23.4. The molecule has 2 amide bonds. The number of hydrogen-bond donors (Lipinski definition) is 5. The molecule has 3 rings (SSSR count). The molecule has 1 atom stereocenters. The number of aromatic hydroxyl groups is 1. The van der Waals surface area contributed by atoms with Crippen LogP contribution in [0.25, 0.3) is 0 Å². The van der Waals surface area contributed by atoms with E-state index in [1.165, 1.54) is 0 Å². The Kier molecular flexibility index (Phi) is 9.65. The van der Waals surface area contributed by atoms with Crippen molar-refractivity contribution in [1.82, 2.24) is 10.7 Å². The van der Waals surface area contributed by atoms with Crippen LogP contribution in [0.4, 0.5) is 11.4 Å². The molecule has 11 heteroatoms. The number of halogens is 4. The smallest absolute Gasteiger partial charge is 0.256 e. The van der Waals surface area contributed by atoms with Crippen molar-refractivity contribution in [1.29, 1.82) is 0 Å². The summed E-state index contributed by atoms with van der Waals surface area (Å²) in [6, 6.07) is 15.0. The number of hydrazine groups is 1. The fourth-order valence-electron chi connectivity index (χ4n) is 3.25. The molecule has 0 aliphatic rings. The van der Waals surface area contributed by atoms with Crippen LogP contribution in [0.1, 0.15) is 11.1 Å². The molecule has 0 aliphatic carbocycles. The summed E-state index contributed by atoms with van der Waals surface area (Å²) in [5.74, 6) is 4.63. The lowest BCUT2D eigenvalue weighted by Gasteiger charge is -2.19. The van der Waals surface area contributed by atoms with Crippen molar-refractivity contribution in [2.75, 3.05) is 5.32 Å². The molecule has 0 radical (unpaired) electrons. The maximum absolute atomic E-state index is 12.9. The average Bonchev–Trinajstić information content (AvgIpc) is 2.80. The number of carbonyl (C=O) groups is 2. The largest absolute Gasteiger partial charge is 0.506 e. The third-order valence-electron chi connectivity index (χ3n) is 4.90. The standard InChI is InChI=1S/C23H20Cl2I2N4O3/c24-14-5-3-6-15(25)21(14)30-18-7-2-1-4-13(18)11-20(32)29-19(23(34)31-28)10-12-8-16(26)22(33)17(27)9-12/h1-9,19,30,33H,10-11,28H2,(H,29,32)(H,31,34). The van der Waals surface area contributed by atoms with Gasteiger partial charge in [-0.15, -0.1) is 0 Å². The van der Waals surface area contributed by atoms with E-state index < -0.39 is 11.9 Å². The Labute approximate surface area is 234 Å². The maximum atomic E-state index is 12.9. The van der Waals surface area contributed by atoms with Gasteiger partial charge in [-0.25, -0.2) is 5.84 Å². The first kappa shape index (κ1) is 26.8. The van der Waals surface area contributed by atoms with Gasteiger partial charge in [0, 0.05) is 12.1 Å². The lowest BCUT2D eigenvalue weighted by molar-refractivity contribution is -0.128. The molecule has 0 aliphatic heterocycles. The Morgan fingerprint density at radius 2 is 1.62 bits per heavy atom. The van der Waals surface area contributed by atoms with Crippen molar-refractivity contribution < 1.29 is 14.7 Å². The van der Waals surface area contributed by atoms with Gasteiger partial charge in [0.15, 0.2) is 0 Å². The predicted molar refractivity (Wildman–Crippen MR) is 151 cm³/mol. The van der Waals surface area contributed by atoms with Crippen LogP contribution >= 0.6 is 68.4 Å². The normalized spacial score (nSPS) is 11.6. The fourth-order valence-corrected chi connectivity index (χ4v) is 5.64. The number of phenolic OH excluding ortho intramolecular Hbond substituents is 1. The quantitative estimate of drug-likeness (QED) is 0.0981. The van der Waals surface area contributed by atoms with Gasteiger partial charge in [-0.1, -0.05) is 47.5 Å². The lowest BCUT2D eigenvalue weighted by atomic mass is 10.0. The molecule has 0 aromatic heterocycles. The summed E-state index contributed by atoms with van der Waals surface area (Å²) < 4.78 is 1.30. The number of hydrogen-bond acceptors (Lipinski definition) is 5. The van der Waals surface area contributed by atoms with E-state index in [-0.39, 0.29) is 24.5 Å². The molecule has 34 heavy (non-hydrogen) atoms. The third kappa shape index (κ3) is 6.87. The molecule has 0 saturated heterocycles. The molecule has 3 aromatic rings. The van der Waals surface area contributed by atoms with Gasteiger partial charge < -0.3 is 15.7 Å². The van der Waals surface area contributed by atoms with E-state index >= 15 is 0 Å². The van der Waals surface area contributed by atoms with E-state index in [0.29, 0.717) is 34.1 Å². The summed E-state index contributed by atoms with van der Waals surface area (Å²) in [7, 11) is 0. The van der Waals surface area contributed by atoms with Crippen LogP contribution in [0.15, 0.2) is 54.6 Å². The highest BCUT2D eigenvalue weighted by Crippen LogP contribution is 2.33. The van der Waals surface area contributed by atoms with Crippen molar-refractivity contribution in [2.45, 2.75) is 18.9 Å². The van der Waals surface area contributed by atoms with Crippen molar-refractivity contribution in [3.8, 4) is 5.75 Å². The van der Waals surface area contributed by atoms with Crippen LogP contribution in [0.2, 0.25) is 10.0 Å². The first-order valence-electron chi connectivity index (χ1n) is 9.95. The Morgan fingerprint density at radius 3 is 2.24 bits per heavy atom. The summed E-state index contributed by atoms with van der Waals surface area (Å²) in [4.78, 5) is 25.3. The number of para-hydroxylation sites is 2. The molecule has 0 fully saturated rings. The van der Waals surface area contributed by atoms with Crippen LogP contribution in [0.3, 0.4) is 0 Å². The number of rotatable bonds is 8. The number of anilines is 2. The molecule has 0 bridgehead atoms. The number of amides is 2. The van der Waals surface area contributed by atoms with Crippen molar-refractivity contribution in [3.05, 3.63) is 82.9 Å². The zero-order chi connectivity index (χ0) is 24.8. The van der Waals surface area contributed by atoms with E-state index in [9.17, 15) is 14.7 Å². The van der Waals surface area contributed by atoms with E-state index in [0.717, 1.165) is 5.56 Å². The summed E-state index contributed by atoms with van der Waals surface area (Å²) in [5.41, 5.74) is 4.77. The Balaban J connectivity index is 1.77. The number of carbonyl (C=O) groups excluding carboxylic acids is 2. The highest BCUT2D eigenvalue weighted by Gasteiger charge is 2.22. The van der Waals surface area contributed by atoms with E-state index in [2.05, 4.69) is 16.1 Å². The molecular formula is C23H20Cl2I2N4O3. The second-order valence-corrected chi connectivity index (χ2v) is 10.4. The molecule has 7 nitrogen and oxygen atoms in total. The molecule has 6 N–H and O–H groups in total. The second kappa shape index (κ2) is 12.2. The number of phenols is 1. The summed E-state index contributed by atoms with van der Waals surface area (Å²) in [5, 5.41) is 16.8. The topological polar surface area (TPSA) is 116 Å². The molecule has 1 unspecified atom stereocenters. The SMILES string of the molecule is NNC(=O)C(Cc1cc(I)c(O)c(I)c1)NC(=O)Cc1ccccc1Nc1c(Cl)cccc1Cl. The minimum absolute atomic E-state index is 0.00421. The third-order valence-corrected chi connectivity index (χ3v) is 7.18. The Bertz CT molecular complexity index is 1180. The van der Waals surface area contributed by atoms with E-state index in [1.54, 1.807) is 36.4 Å². The number of benzene rings is 3. The van der Waals surface area contributed by atoms with Gasteiger partial charge in [0.05, 0.1) is 29.3 Å². The van der Waals surface area contributed by atoms with Crippen LogP contribution in [-0.2, 0) is 22.4 Å². The molecule has 178 valence electrons. The van der Waals surface area contributed by atoms with Gasteiger partial charge in [-0.2, -0.15) is 0 Å². The zero-order valence-electron chi connectivity index (χ0n) is 17.5. The van der Waals surface area contributed by atoms with E-state index in [1.807, 2.05) is 63.4 Å². The van der Waals surface area contributed by atoms with E-state index in [4.69, 9.17) is 29.0 Å². The molecule has 0 saturated carbocycles. The Morgan fingerprint density at radius 1 is 1.00 bits per heavy atom. The molecule has 0 spiro atoms. The molecular weight excluding hydrogens is 705 g/mol. The van der Waals surface area contributed by atoms with Gasteiger partial charge in [0.1, 0.15) is 11.8 Å². The van der Waals surface area contributed by atoms with Gasteiger partial charge in [-0.05, 0) is 86.6 Å². The van der Waals surface area contributed by atoms with Crippen LogP contribution in [-0.4, -0.2) is 23.0 Å². The second-order valence-electron chi connectivity index (χ2n) is 7.30. The van der Waals surface area contributed by atoms with Gasteiger partial charge >= 0.3 is 0 Å². The average molecular weight is 725 g/mol. The van der Waals surface area contributed by atoms with Gasteiger partial charge in [0.25, 0.3) is 5.91 Å². The number of nitrogens with one attached hydrogen (secondary N) is 3. The summed E-state index contributed by atoms with van der Waals surface area (Å²) in [6.45, 7) is 0. The number of nitrogens with two attached hydrogens (primary N) is 1. The summed E-state index contributed by atoms with van der Waals surface area (Å²) >= 11 is 16.6. The monoisotopic (exact) mass is 724 g/mol. The highest BCUT2D eigenvalue weighted by atomic mass is 127. The van der Waals surface area contributed by atoms with Crippen molar-refractivity contribution in [2.24, 2.45) is 5.84 Å². The first-order chi connectivity index (χ1) is 16.2. The van der Waals surface area contributed by atoms with Crippen LogP contribution in [0, 0.1) is 7.14 Å². The van der Waals surface area contributed by atoms with Crippen LogP contribution < -0.4 is 21.9 Å².